The largest absolute Gasteiger partial charge is 0.355 e. The van der Waals surface area contributed by atoms with Crippen LogP contribution in [0.4, 0.5) is 0 Å². The normalized spacial score (nSPS) is 16.5. The summed E-state index contributed by atoms with van der Waals surface area (Å²) < 4.78 is 0. The van der Waals surface area contributed by atoms with Crippen molar-refractivity contribution in [3.63, 3.8) is 0 Å². The van der Waals surface area contributed by atoms with Crippen LogP contribution < -0.4 is 10.6 Å². The van der Waals surface area contributed by atoms with E-state index in [1.54, 1.807) is 0 Å². The Hall–Kier alpha value is -1.84. The van der Waals surface area contributed by atoms with Crippen LogP contribution in [0.15, 0.2) is 24.3 Å². The highest BCUT2D eigenvalue weighted by Gasteiger charge is 2.22. The van der Waals surface area contributed by atoms with Crippen LogP contribution in [0.3, 0.4) is 0 Å². The predicted octanol–water partition coefficient (Wildman–Crippen LogP) is 3.89. The van der Waals surface area contributed by atoms with Gasteiger partial charge in [0.05, 0.1) is 6.04 Å². The molecule has 4 heteroatoms. The lowest BCUT2D eigenvalue weighted by Crippen LogP contribution is -2.37. The number of hydrogen-bond acceptors (Lipinski definition) is 2. The SMILES string of the molecule is Cc1ccccc1C(NC(=O)CCNC(=O)C1CCCCC1)C(C)C. The van der Waals surface area contributed by atoms with Gasteiger partial charge in [0, 0.05) is 18.9 Å². The molecule has 0 aliphatic heterocycles. The topological polar surface area (TPSA) is 58.2 Å². The lowest BCUT2D eigenvalue weighted by atomic mass is 9.89. The number of amides is 2. The first-order valence-electron chi connectivity index (χ1n) is 9.61. The Kier molecular flexibility index (Phi) is 7.48. The second-order valence-corrected chi connectivity index (χ2v) is 7.52. The van der Waals surface area contributed by atoms with Crippen molar-refractivity contribution in [2.24, 2.45) is 11.8 Å². The van der Waals surface area contributed by atoms with Gasteiger partial charge in [-0.3, -0.25) is 9.59 Å². The average Bonchev–Trinajstić information content (AvgIpc) is 2.61. The van der Waals surface area contributed by atoms with Crippen molar-refractivity contribution in [1.29, 1.82) is 0 Å². The quantitative estimate of drug-likeness (QED) is 0.788. The van der Waals surface area contributed by atoms with Crippen LogP contribution in [0.25, 0.3) is 0 Å². The molecule has 2 amide bonds. The molecule has 0 aromatic heterocycles. The van der Waals surface area contributed by atoms with Gasteiger partial charge in [-0.05, 0) is 36.8 Å². The van der Waals surface area contributed by atoms with Gasteiger partial charge in [-0.2, -0.15) is 0 Å². The van der Waals surface area contributed by atoms with E-state index < -0.39 is 0 Å². The Balaban J connectivity index is 1.81. The number of hydrogen-bond donors (Lipinski definition) is 2. The van der Waals surface area contributed by atoms with E-state index in [-0.39, 0.29) is 23.8 Å². The zero-order valence-electron chi connectivity index (χ0n) is 15.8. The van der Waals surface area contributed by atoms with Crippen LogP contribution in [0.2, 0.25) is 0 Å². The molecule has 138 valence electrons. The molecule has 1 aromatic rings. The number of nitrogens with one attached hydrogen (secondary N) is 2. The Morgan fingerprint density at radius 3 is 2.44 bits per heavy atom. The molecule has 0 spiro atoms. The van der Waals surface area contributed by atoms with Crippen molar-refractivity contribution in [1.82, 2.24) is 10.6 Å². The standard InChI is InChI=1S/C21H32N2O2/c1-15(2)20(18-12-8-7-9-16(18)3)23-19(24)13-14-22-21(25)17-10-5-4-6-11-17/h7-9,12,15,17,20H,4-6,10-11,13-14H2,1-3H3,(H,22,25)(H,23,24). The van der Waals surface area contributed by atoms with Crippen molar-refractivity contribution < 1.29 is 9.59 Å². The summed E-state index contributed by atoms with van der Waals surface area (Å²) >= 11 is 0. The molecule has 2 rings (SSSR count). The molecule has 1 fully saturated rings. The van der Waals surface area contributed by atoms with Crippen molar-refractivity contribution in [3.8, 4) is 0 Å². The smallest absolute Gasteiger partial charge is 0.223 e. The van der Waals surface area contributed by atoms with Gasteiger partial charge in [0.2, 0.25) is 11.8 Å². The van der Waals surface area contributed by atoms with Crippen molar-refractivity contribution >= 4 is 11.8 Å². The molecule has 0 heterocycles. The van der Waals surface area contributed by atoms with Crippen molar-refractivity contribution in [3.05, 3.63) is 35.4 Å². The molecular formula is C21H32N2O2. The molecule has 1 atom stereocenters. The zero-order chi connectivity index (χ0) is 18.2. The molecule has 1 saturated carbocycles. The lowest BCUT2D eigenvalue weighted by molar-refractivity contribution is -0.126. The van der Waals surface area contributed by atoms with Crippen LogP contribution in [0, 0.1) is 18.8 Å². The van der Waals surface area contributed by atoms with Crippen LogP contribution in [0.1, 0.15) is 69.5 Å². The summed E-state index contributed by atoms with van der Waals surface area (Å²) in [7, 11) is 0. The molecule has 1 unspecified atom stereocenters. The van der Waals surface area contributed by atoms with E-state index in [1.807, 2.05) is 12.1 Å². The van der Waals surface area contributed by atoms with Crippen molar-refractivity contribution in [2.45, 2.75) is 65.3 Å². The Bertz CT molecular complexity index is 577. The van der Waals surface area contributed by atoms with Gasteiger partial charge < -0.3 is 10.6 Å². The Morgan fingerprint density at radius 1 is 1.12 bits per heavy atom. The lowest BCUT2D eigenvalue weighted by Gasteiger charge is -2.25. The van der Waals surface area contributed by atoms with E-state index in [2.05, 4.69) is 43.5 Å². The van der Waals surface area contributed by atoms with Crippen LogP contribution >= 0.6 is 0 Å². The maximum atomic E-state index is 12.3. The molecule has 0 saturated heterocycles. The minimum Gasteiger partial charge on any atom is -0.355 e. The van der Waals surface area contributed by atoms with Gasteiger partial charge >= 0.3 is 0 Å². The first-order valence-corrected chi connectivity index (χ1v) is 9.61. The fraction of sp³-hybridized carbons (Fsp3) is 0.619. The highest BCUT2D eigenvalue weighted by Crippen LogP contribution is 2.25. The second-order valence-electron chi connectivity index (χ2n) is 7.52. The molecule has 0 radical (unpaired) electrons. The van der Waals surface area contributed by atoms with Gasteiger partial charge in [-0.25, -0.2) is 0 Å². The summed E-state index contributed by atoms with van der Waals surface area (Å²) in [6, 6.07) is 8.17. The molecule has 1 aromatic carbocycles. The average molecular weight is 344 g/mol. The molecular weight excluding hydrogens is 312 g/mol. The van der Waals surface area contributed by atoms with E-state index in [4.69, 9.17) is 0 Å². The van der Waals surface area contributed by atoms with Crippen LogP contribution in [-0.2, 0) is 9.59 Å². The molecule has 1 aliphatic carbocycles. The summed E-state index contributed by atoms with van der Waals surface area (Å²) in [6.07, 6.45) is 5.83. The molecule has 1 aliphatic rings. The summed E-state index contributed by atoms with van der Waals surface area (Å²) in [5.41, 5.74) is 2.35. The summed E-state index contributed by atoms with van der Waals surface area (Å²) in [5, 5.41) is 6.07. The van der Waals surface area contributed by atoms with Gasteiger partial charge in [0.25, 0.3) is 0 Å². The maximum absolute atomic E-state index is 12.3. The Morgan fingerprint density at radius 2 is 1.80 bits per heavy atom. The number of rotatable bonds is 7. The van der Waals surface area contributed by atoms with Crippen LogP contribution in [-0.4, -0.2) is 18.4 Å². The molecule has 2 N–H and O–H groups in total. The van der Waals surface area contributed by atoms with Gasteiger partial charge in [0.1, 0.15) is 0 Å². The third-order valence-corrected chi connectivity index (χ3v) is 5.13. The summed E-state index contributed by atoms with van der Waals surface area (Å²) in [5.74, 6) is 0.562. The van der Waals surface area contributed by atoms with E-state index >= 15 is 0 Å². The number of carbonyl (C=O) groups excluding carboxylic acids is 2. The van der Waals surface area contributed by atoms with Gasteiger partial charge in [-0.15, -0.1) is 0 Å². The molecule has 25 heavy (non-hydrogen) atoms. The monoisotopic (exact) mass is 344 g/mol. The van der Waals surface area contributed by atoms with Crippen molar-refractivity contribution in [2.75, 3.05) is 6.54 Å². The minimum atomic E-state index is -0.00843. The highest BCUT2D eigenvalue weighted by molar-refractivity contribution is 5.80. The van der Waals surface area contributed by atoms with Crippen LogP contribution in [0.5, 0.6) is 0 Å². The van der Waals surface area contributed by atoms with E-state index in [0.29, 0.717) is 18.9 Å². The first kappa shape index (κ1) is 19.5. The first-order chi connectivity index (χ1) is 12.0. The van der Waals surface area contributed by atoms with E-state index in [0.717, 1.165) is 31.2 Å². The zero-order valence-corrected chi connectivity index (χ0v) is 15.8. The van der Waals surface area contributed by atoms with Gasteiger partial charge in [0.15, 0.2) is 0 Å². The number of aryl methyl sites for hydroxylation is 1. The fourth-order valence-corrected chi connectivity index (χ4v) is 3.59. The van der Waals surface area contributed by atoms with E-state index in [9.17, 15) is 9.59 Å². The molecule has 0 bridgehead atoms. The third-order valence-electron chi connectivity index (χ3n) is 5.13. The third kappa shape index (κ3) is 5.87. The van der Waals surface area contributed by atoms with E-state index in [1.165, 1.54) is 12.0 Å². The highest BCUT2D eigenvalue weighted by atomic mass is 16.2. The maximum Gasteiger partial charge on any atom is 0.223 e. The van der Waals surface area contributed by atoms with Gasteiger partial charge in [-0.1, -0.05) is 57.4 Å². The number of carbonyl (C=O) groups is 2. The molecule has 4 nitrogen and oxygen atoms in total. The predicted molar refractivity (Wildman–Crippen MR) is 101 cm³/mol. The summed E-state index contributed by atoms with van der Waals surface area (Å²) in [6.45, 7) is 6.71. The Labute approximate surface area is 151 Å². The fourth-order valence-electron chi connectivity index (χ4n) is 3.59. The summed E-state index contributed by atoms with van der Waals surface area (Å²) in [4.78, 5) is 24.5. The second kappa shape index (κ2) is 9.59. The minimum absolute atomic E-state index is 0.00254. The number of benzene rings is 1.